The van der Waals surface area contributed by atoms with E-state index in [-0.39, 0.29) is 45.3 Å². The fourth-order valence-electron chi connectivity index (χ4n) is 3.99. The molecule has 0 amide bonds. The topological polar surface area (TPSA) is 132 Å². The van der Waals surface area contributed by atoms with Gasteiger partial charge in [-0.15, -0.1) is 0 Å². The Morgan fingerprint density at radius 2 is 1.36 bits per heavy atom. The molecule has 0 aliphatic heterocycles. The zero-order valence-electron chi connectivity index (χ0n) is 22.1. The fraction of sp³-hybridized carbons (Fsp3) is 0.214. The summed E-state index contributed by atoms with van der Waals surface area (Å²) in [5.74, 6) is -0.185. The van der Waals surface area contributed by atoms with Crippen LogP contribution in [0.4, 0.5) is 0 Å². The van der Waals surface area contributed by atoms with Crippen LogP contribution < -0.4 is 38.6 Å². The van der Waals surface area contributed by atoms with Crippen molar-refractivity contribution in [2.24, 2.45) is 0 Å². The quantitative estimate of drug-likeness (QED) is 0.303. The van der Waals surface area contributed by atoms with Gasteiger partial charge in [0.05, 0.1) is 48.2 Å². The van der Waals surface area contributed by atoms with Crippen LogP contribution in [0, 0.1) is 0 Å². The van der Waals surface area contributed by atoms with E-state index in [2.05, 4.69) is 0 Å². The summed E-state index contributed by atoms with van der Waals surface area (Å²) in [6, 6.07) is 10.2. The van der Waals surface area contributed by atoms with Crippen LogP contribution in [0.2, 0.25) is 0 Å². The largest absolute Gasteiger partial charge is 0.507 e. The van der Waals surface area contributed by atoms with Crippen molar-refractivity contribution >= 4 is 16.9 Å². The van der Waals surface area contributed by atoms with Crippen LogP contribution in [0.25, 0.3) is 22.3 Å². The molecule has 1 N–H and O–H groups in total. The lowest BCUT2D eigenvalue weighted by atomic mass is 10.1. The van der Waals surface area contributed by atoms with E-state index in [1.807, 2.05) is 0 Å². The Morgan fingerprint density at radius 1 is 0.718 bits per heavy atom. The van der Waals surface area contributed by atoms with Gasteiger partial charge < -0.3 is 42.7 Å². The Bertz CT molecular complexity index is 1580. The molecular weight excluding hydrogens is 512 g/mol. The molecule has 0 radical (unpaired) electrons. The van der Waals surface area contributed by atoms with Gasteiger partial charge in [-0.1, -0.05) is 0 Å². The van der Waals surface area contributed by atoms with E-state index in [1.165, 1.54) is 66.9 Å². The van der Waals surface area contributed by atoms with Crippen molar-refractivity contribution in [1.29, 1.82) is 0 Å². The minimum absolute atomic E-state index is 0.00112. The number of carbonyl (C=O) groups excluding carboxylic acids is 1. The highest BCUT2D eigenvalue weighted by Gasteiger charge is 2.26. The van der Waals surface area contributed by atoms with Crippen LogP contribution >= 0.6 is 0 Å². The van der Waals surface area contributed by atoms with Crippen molar-refractivity contribution in [1.82, 2.24) is 0 Å². The van der Waals surface area contributed by atoms with Crippen molar-refractivity contribution in [2.45, 2.75) is 0 Å². The van der Waals surface area contributed by atoms with E-state index in [9.17, 15) is 14.7 Å². The Morgan fingerprint density at radius 3 is 1.92 bits per heavy atom. The third-order valence-electron chi connectivity index (χ3n) is 5.88. The SMILES string of the molecule is COc1cc(O)c2c(=O)c(OC(=O)c3cc(OC)c(OC)c(OC)c3)c(-c3ccc(OC)c(OC)c3)oc2c1. The van der Waals surface area contributed by atoms with E-state index in [0.29, 0.717) is 17.1 Å². The maximum absolute atomic E-state index is 13.7. The molecular formula is C28H26O11. The van der Waals surface area contributed by atoms with Gasteiger partial charge in [-0.3, -0.25) is 4.79 Å². The second-order valence-corrected chi connectivity index (χ2v) is 7.98. The first kappa shape index (κ1) is 27.0. The second-order valence-electron chi connectivity index (χ2n) is 7.98. The molecule has 0 bridgehead atoms. The molecule has 1 heterocycles. The van der Waals surface area contributed by atoms with E-state index in [0.717, 1.165) is 0 Å². The zero-order valence-corrected chi connectivity index (χ0v) is 22.1. The Balaban J connectivity index is 1.95. The predicted octanol–water partition coefficient (Wildman–Crippen LogP) is 4.44. The molecule has 0 atom stereocenters. The molecule has 0 aliphatic rings. The van der Waals surface area contributed by atoms with Gasteiger partial charge in [-0.25, -0.2) is 4.79 Å². The smallest absolute Gasteiger partial charge is 0.344 e. The number of phenols is 1. The third-order valence-corrected chi connectivity index (χ3v) is 5.88. The van der Waals surface area contributed by atoms with Crippen LogP contribution in [0.1, 0.15) is 10.4 Å². The van der Waals surface area contributed by atoms with Crippen molar-refractivity contribution < 1.29 is 47.5 Å². The number of aromatic hydroxyl groups is 1. The first-order chi connectivity index (χ1) is 18.8. The number of ether oxygens (including phenoxy) is 7. The predicted molar refractivity (Wildman–Crippen MR) is 140 cm³/mol. The number of hydrogen-bond acceptors (Lipinski definition) is 11. The van der Waals surface area contributed by atoms with Gasteiger partial charge in [0.15, 0.2) is 28.8 Å². The minimum atomic E-state index is -0.921. The second kappa shape index (κ2) is 11.1. The average Bonchev–Trinajstić information content (AvgIpc) is 2.96. The summed E-state index contributed by atoms with van der Waals surface area (Å²) in [7, 11) is 8.56. The summed E-state index contributed by atoms with van der Waals surface area (Å²) >= 11 is 0. The molecule has 4 rings (SSSR count). The van der Waals surface area contributed by atoms with Crippen LogP contribution in [0.3, 0.4) is 0 Å². The van der Waals surface area contributed by atoms with Crippen LogP contribution in [0.5, 0.6) is 46.0 Å². The monoisotopic (exact) mass is 538 g/mol. The molecule has 0 aliphatic carbocycles. The molecule has 0 fully saturated rings. The lowest BCUT2D eigenvalue weighted by molar-refractivity contribution is 0.0730. The van der Waals surface area contributed by atoms with Crippen molar-refractivity contribution in [3.8, 4) is 57.3 Å². The van der Waals surface area contributed by atoms with Gasteiger partial charge in [0.2, 0.25) is 16.9 Å². The number of esters is 1. The number of phenolic OH excluding ortho intramolecular Hbond substituents is 1. The van der Waals surface area contributed by atoms with Gasteiger partial charge in [0.1, 0.15) is 22.5 Å². The van der Waals surface area contributed by atoms with Gasteiger partial charge in [-0.05, 0) is 30.3 Å². The summed E-state index contributed by atoms with van der Waals surface area (Å²) in [5.41, 5.74) is -0.445. The van der Waals surface area contributed by atoms with Crippen LogP contribution in [-0.4, -0.2) is 53.7 Å². The molecule has 0 spiro atoms. The lowest BCUT2D eigenvalue weighted by Crippen LogP contribution is -2.17. The summed E-state index contributed by atoms with van der Waals surface area (Å²) in [4.78, 5) is 27.0. The van der Waals surface area contributed by atoms with E-state index < -0.39 is 22.9 Å². The minimum Gasteiger partial charge on any atom is -0.507 e. The highest BCUT2D eigenvalue weighted by atomic mass is 16.5. The van der Waals surface area contributed by atoms with E-state index >= 15 is 0 Å². The number of hydrogen-bond donors (Lipinski definition) is 1. The van der Waals surface area contributed by atoms with Crippen molar-refractivity contribution in [3.05, 3.63) is 58.3 Å². The zero-order chi connectivity index (χ0) is 28.3. The van der Waals surface area contributed by atoms with Crippen molar-refractivity contribution in [3.63, 3.8) is 0 Å². The number of carbonyl (C=O) groups is 1. The number of benzene rings is 3. The van der Waals surface area contributed by atoms with Crippen molar-refractivity contribution in [2.75, 3.05) is 42.7 Å². The average molecular weight is 539 g/mol. The molecule has 0 unspecified atom stereocenters. The van der Waals surface area contributed by atoms with Gasteiger partial charge >= 0.3 is 5.97 Å². The maximum Gasteiger partial charge on any atom is 0.344 e. The Hall–Kier alpha value is -5.06. The molecule has 1 aromatic heterocycles. The summed E-state index contributed by atoms with van der Waals surface area (Å²) in [5, 5.41) is 10.4. The first-order valence-corrected chi connectivity index (χ1v) is 11.4. The molecule has 11 heteroatoms. The number of rotatable bonds is 9. The van der Waals surface area contributed by atoms with Crippen LogP contribution in [0.15, 0.2) is 51.7 Å². The van der Waals surface area contributed by atoms with Gasteiger partial charge in [0, 0.05) is 17.7 Å². The Labute approximate surface area is 222 Å². The summed E-state index contributed by atoms with van der Waals surface area (Å²) in [6.07, 6.45) is 0. The molecule has 0 saturated heterocycles. The normalized spacial score (nSPS) is 10.6. The standard InChI is InChI=1S/C28H26O11/c1-32-16-12-17(29)23-20(13-16)38-25(14-7-8-18(33-2)19(9-14)34-3)27(24(23)30)39-28(31)15-10-21(35-4)26(37-6)22(11-15)36-5/h7-13,29H,1-6H3. The van der Waals surface area contributed by atoms with Crippen LogP contribution in [-0.2, 0) is 0 Å². The molecule has 3 aromatic carbocycles. The molecule has 204 valence electrons. The Kier molecular flexibility index (Phi) is 7.70. The third kappa shape index (κ3) is 4.93. The summed E-state index contributed by atoms with van der Waals surface area (Å²) < 4.78 is 43.5. The summed E-state index contributed by atoms with van der Waals surface area (Å²) in [6.45, 7) is 0. The first-order valence-electron chi connectivity index (χ1n) is 11.4. The number of methoxy groups -OCH3 is 6. The number of fused-ring (bicyclic) bond motifs is 1. The van der Waals surface area contributed by atoms with E-state index in [4.69, 9.17) is 37.6 Å². The highest BCUT2D eigenvalue weighted by molar-refractivity contribution is 5.95. The maximum atomic E-state index is 13.7. The molecule has 39 heavy (non-hydrogen) atoms. The van der Waals surface area contributed by atoms with Gasteiger partial charge in [0.25, 0.3) is 0 Å². The lowest BCUT2D eigenvalue weighted by Gasteiger charge is -2.15. The fourth-order valence-corrected chi connectivity index (χ4v) is 3.99. The molecule has 0 saturated carbocycles. The van der Waals surface area contributed by atoms with Gasteiger partial charge in [-0.2, -0.15) is 0 Å². The van der Waals surface area contributed by atoms with E-state index in [1.54, 1.807) is 18.2 Å². The molecule has 4 aromatic rings. The highest BCUT2D eigenvalue weighted by Crippen LogP contribution is 2.41. The molecule has 11 nitrogen and oxygen atoms in total.